The first-order chi connectivity index (χ1) is 10.2. The van der Waals surface area contributed by atoms with Crippen LogP contribution < -0.4 is 5.32 Å². The SMILES string of the molecule is CC1(C)OC(=O)C(=CNc2cc(C(=O)O)ccc2Cl)C(=O)O1. The van der Waals surface area contributed by atoms with Crippen molar-refractivity contribution in [2.24, 2.45) is 0 Å². The smallest absolute Gasteiger partial charge is 0.350 e. The van der Waals surface area contributed by atoms with E-state index in [-0.39, 0.29) is 21.8 Å². The second-order valence-electron chi connectivity index (χ2n) is 4.88. The second-order valence-corrected chi connectivity index (χ2v) is 5.29. The van der Waals surface area contributed by atoms with Crippen LogP contribution >= 0.6 is 11.6 Å². The molecule has 0 radical (unpaired) electrons. The van der Waals surface area contributed by atoms with Crippen molar-refractivity contribution in [3.05, 3.63) is 40.6 Å². The van der Waals surface area contributed by atoms with Gasteiger partial charge in [0.1, 0.15) is 0 Å². The number of carbonyl (C=O) groups is 3. The Bertz CT molecular complexity index is 673. The fraction of sp³-hybridized carbons (Fsp3) is 0.214. The molecular formula is C14H12ClNO6. The number of halogens is 1. The number of cyclic esters (lactones) is 2. The molecule has 0 saturated carbocycles. The maximum absolute atomic E-state index is 11.7. The van der Waals surface area contributed by atoms with Crippen molar-refractivity contribution < 1.29 is 29.0 Å². The van der Waals surface area contributed by atoms with E-state index in [0.717, 1.165) is 6.20 Å². The Morgan fingerprint density at radius 1 is 1.27 bits per heavy atom. The Morgan fingerprint density at radius 2 is 1.86 bits per heavy atom. The van der Waals surface area contributed by atoms with Crippen LogP contribution in [0.5, 0.6) is 0 Å². The van der Waals surface area contributed by atoms with Gasteiger partial charge in [0.25, 0.3) is 5.79 Å². The molecular weight excluding hydrogens is 314 g/mol. The molecule has 1 saturated heterocycles. The lowest BCUT2D eigenvalue weighted by Gasteiger charge is -2.29. The van der Waals surface area contributed by atoms with E-state index in [4.69, 9.17) is 26.2 Å². The van der Waals surface area contributed by atoms with E-state index in [1.165, 1.54) is 32.0 Å². The first-order valence-corrected chi connectivity index (χ1v) is 6.53. The summed E-state index contributed by atoms with van der Waals surface area (Å²) in [5.74, 6) is -4.16. The van der Waals surface area contributed by atoms with Crippen LogP contribution in [0, 0.1) is 0 Å². The number of esters is 2. The molecule has 0 aliphatic carbocycles. The van der Waals surface area contributed by atoms with E-state index >= 15 is 0 Å². The van der Waals surface area contributed by atoms with Crippen molar-refractivity contribution in [3.8, 4) is 0 Å². The summed E-state index contributed by atoms with van der Waals surface area (Å²) in [5, 5.41) is 11.8. The average molecular weight is 326 g/mol. The highest BCUT2D eigenvalue weighted by Crippen LogP contribution is 2.25. The minimum absolute atomic E-state index is 0.000213. The van der Waals surface area contributed by atoms with Crippen LogP contribution in [0.4, 0.5) is 5.69 Å². The number of nitrogens with one attached hydrogen (secondary N) is 1. The van der Waals surface area contributed by atoms with Crippen molar-refractivity contribution in [1.82, 2.24) is 0 Å². The van der Waals surface area contributed by atoms with E-state index < -0.39 is 23.7 Å². The molecule has 22 heavy (non-hydrogen) atoms. The van der Waals surface area contributed by atoms with Gasteiger partial charge >= 0.3 is 17.9 Å². The zero-order valence-electron chi connectivity index (χ0n) is 11.7. The highest BCUT2D eigenvalue weighted by Gasteiger charge is 2.38. The van der Waals surface area contributed by atoms with Crippen molar-refractivity contribution in [2.75, 3.05) is 5.32 Å². The summed E-state index contributed by atoms with van der Waals surface area (Å²) < 4.78 is 9.84. The number of carboxylic acids is 1. The molecule has 1 fully saturated rings. The number of carbonyl (C=O) groups excluding carboxylic acids is 2. The molecule has 1 aromatic carbocycles. The number of carboxylic acid groups (broad SMARTS) is 1. The van der Waals surface area contributed by atoms with E-state index in [1.807, 2.05) is 0 Å². The Hall–Kier alpha value is -2.54. The first kappa shape index (κ1) is 15.8. The summed E-state index contributed by atoms with van der Waals surface area (Å²) in [4.78, 5) is 34.4. The standard InChI is InChI=1S/C14H12ClNO6/c1-14(2)21-12(19)8(13(20)22-14)6-16-10-5-7(11(17)18)3-4-9(10)15/h3-6,16H,1-2H3,(H,17,18). The molecule has 0 spiro atoms. The van der Waals surface area contributed by atoms with Crippen LogP contribution in [-0.4, -0.2) is 28.8 Å². The van der Waals surface area contributed by atoms with Gasteiger partial charge in [-0.3, -0.25) is 0 Å². The van der Waals surface area contributed by atoms with E-state index in [2.05, 4.69) is 5.32 Å². The first-order valence-electron chi connectivity index (χ1n) is 6.16. The van der Waals surface area contributed by atoms with Crippen molar-refractivity contribution in [2.45, 2.75) is 19.6 Å². The number of benzene rings is 1. The summed E-state index contributed by atoms with van der Waals surface area (Å²) in [5.41, 5.74) is -0.129. The zero-order valence-corrected chi connectivity index (χ0v) is 12.4. The molecule has 2 N–H and O–H groups in total. The molecule has 0 bridgehead atoms. The Labute approximate surface area is 130 Å². The fourth-order valence-electron chi connectivity index (χ4n) is 1.70. The Morgan fingerprint density at radius 3 is 2.41 bits per heavy atom. The number of rotatable bonds is 3. The topological polar surface area (TPSA) is 102 Å². The van der Waals surface area contributed by atoms with Crippen LogP contribution in [0.25, 0.3) is 0 Å². The van der Waals surface area contributed by atoms with Gasteiger partial charge < -0.3 is 19.9 Å². The molecule has 1 aromatic rings. The maximum Gasteiger partial charge on any atom is 0.350 e. The van der Waals surface area contributed by atoms with Gasteiger partial charge in [-0.15, -0.1) is 0 Å². The summed E-state index contributed by atoms with van der Waals surface area (Å²) in [6.07, 6.45) is 1.06. The molecule has 0 unspecified atom stereocenters. The largest absolute Gasteiger partial charge is 0.478 e. The number of hydrogen-bond donors (Lipinski definition) is 2. The number of anilines is 1. The van der Waals surface area contributed by atoms with Gasteiger partial charge in [0.05, 0.1) is 16.3 Å². The van der Waals surface area contributed by atoms with Crippen LogP contribution in [0.15, 0.2) is 30.0 Å². The van der Waals surface area contributed by atoms with Crippen LogP contribution in [0.3, 0.4) is 0 Å². The summed E-state index contributed by atoms with van der Waals surface area (Å²) >= 11 is 5.92. The van der Waals surface area contributed by atoms with Crippen LogP contribution in [0.2, 0.25) is 5.02 Å². The van der Waals surface area contributed by atoms with Crippen molar-refractivity contribution in [1.29, 1.82) is 0 Å². The lowest BCUT2D eigenvalue weighted by atomic mass is 10.2. The summed E-state index contributed by atoms with van der Waals surface area (Å²) in [7, 11) is 0. The molecule has 0 amide bonds. The van der Waals surface area contributed by atoms with E-state index in [9.17, 15) is 14.4 Å². The maximum atomic E-state index is 11.7. The van der Waals surface area contributed by atoms with Crippen molar-refractivity contribution in [3.63, 3.8) is 0 Å². The van der Waals surface area contributed by atoms with Gasteiger partial charge in [0.2, 0.25) is 0 Å². The van der Waals surface area contributed by atoms with Gasteiger partial charge in [0.15, 0.2) is 5.57 Å². The van der Waals surface area contributed by atoms with E-state index in [1.54, 1.807) is 0 Å². The molecule has 1 aliphatic heterocycles. The lowest BCUT2D eigenvalue weighted by Crippen LogP contribution is -2.42. The Balaban J connectivity index is 2.25. The van der Waals surface area contributed by atoms with Gasteiger partial charge in [0, 0.05) is 20.0 Å². The molecule has 0 atom stereocenters. The van der Waals surface area contributed by atoms with Gasteiger partial charge in [-0.05, 0) is 18.2 Å². The molecule has 7 nitrogen and oxygen atoms in total. The fourth-order valence-corrected chi connectivity index (χ4v) is 1.87. The van der Waals surface area contributed by atoms with Gasteiger partial charge in [-0.1, -0.05) is 11.6 Å². The third-order valence-electron chi connectivity index (χ3n) is 2.70. The monoisotopic (exact) mass is 325 g/mol. The molecule has 0 aromatic heterocycles. The average Bonchev–Trinajstić information content (AvgIpc) is 2.38. The summed E-state index contributed by atoms with van der Waals surface area (Å²) in [6, 6.07) is 3.98. The Kier molecular flexibility index (Phi) is 4.09. The zero-order chi connectivity index (χ0) is 16.5. The van der Waals surface area contributed by atoms with Gasteiger partial charge in [-0.25, -0.2) is 14.4 Å². The lowest BCUT2D eigenvalue weighted by molar-refractivity contribution is -0.222. The highest BCUT2D eigenvalue weighted by molar-refractivity contribution is 6.33. The number of ether oxygens (including phenoxy) is 2. The highest BCUT2D eigenvalue weighted by atomic mass is 35.5. The number of aromatic carboxylic acids is 1. The third-order valence-corrected chi connectivity index (χ3v) is 3.03. The molecule has 1 heterocycles. The predicted molar refractivity (Wildman–Crippen MR) is 76.4 cm³/mol. The summed E-state index contributed by atoms with van der Waals surface area (Å²) in [6.45, 7) is 2.86. The van der Waals surface area contributed by atoms with Gasteiger partial charge in [-0.2, -0.15) is 0 Å². The minimum Gasteiger partial charge on any atom is -0.478 e. The molecule has 8 heteroatoms. The van der Waals surface area contributed by atoms with Crippen molar-refractivity contribution >= 4 is 35.2 Å². The second kappa shape index (κ2) is 5.69. The molecule has 116 valence electrons. The van der Waals surface area contributed by atoms with E-state index in [0.29, 0.717) is 0 Å². The quantitative estimate of drug-likeness (QED) is 0.499. The number of hydrogen-bond acceptors (Lipinski definition) is 6. The molecule has 1 aliphatic rings. The normalized spacial score (nSPS) is 16.6. The van der Waals surface area contributed by atoms with Crippen LogP contribution in [0.1, 0.15) is 24.2 Å². The van der Waals surface area contributed by atoms with Crippen LogP contribution in [-0.2, 0) is 19.1 Å². The third kappa shape index (κ3) is 3.37. The predicted octanol–water partition coefficient (Wildman–Crippen LogP) is 2.17. The minimum atomic E-state index is -1.33. The molecule has 2 rings (SSSR count).